The van der Waals surface area contributed by atoms with Gasteiger partial charge in [0.15, 0.2) is 5.69 Å². The third kappa shape index (κ3) is 4.69. The lowest BCUT2D eigenvalue weighted by atomic mass is 10.1. The Balaban J connectivity index is 1.78. The second-order valence-corrected chi connectivity index (χ2v) is 6.74. The van der Waals surface area contributed by atoms with Crippen LogP contribution in [0.5, 0.6) is 0 Å². The Morgan fingerprint density at radius 3 is 2.40 bits per heavy atom. The van der Waals surface area contributed by atoms with Gasteiger partial charge < -0.3 is 16.4 Å². The summed E-state index contributed by atoms with van der Waals surface area (Å²) >= 11 is 0. The van der Waals surface area contributed by atoms with Gasteiger partial charge in [-0.25, -0.2) is 4.68 Å². The molecule has 0 saturated heterocycles. The molecular formula is C21H22N6O3. The van der Waals surface area contributed by atoms with Crippen molar-refractivity contribution < 1.29 is 14.4 Å². The Morgan fingerprint density at radius 2 is 1.70 bits per heavy atom. The summed E-state index contributed by atoms with van der Waals surface area (Å²) < 4.78 is 1.58. The zero-order valence-corrected chi connectivity index (χ0v) is 16.7. The molecule has 4 N–H and O–H groups in total. The molecule has 0 spiro atoms. The number of nitrogens with two attached hydrogens (primary N) is 1. The molecule has 30 heavy (non-hydrogen) atoms. The monoisotopic (exact) mass is 406 g/mol. The lowest BCUT2D eigenvalue weighted by molar-refractivity contribution is -0.117. The smallest absolute Gasteiger partial charge is 0.278 e. The molecule has 154 valence electrons. The van der Waals surface area contributed by atoms with E-state index in [0.717, 1.165) is 11.3 Å². The molecule has 0 aliphatic carbocycles. The number of nitrogens with one attached hydrogen (secondary N) is 2. The van der Waals surface area contributed by atoms with Crippen LogP contribution in [-0.4, -0.2) is 39.3 Å². The van der Waals surface area contributed by atoms with Gasteiger partial charge in [-0.3, -0.25) is 14.4 Å². The van der Waals surface area contributed by atoms with Gasteiger partial charge in [0, 0.05) is 13.0 Å². The largest absolute Gasteiger partial charge is 0.370 e. The summed E-state index contributed by atoms with van der Waals surface area (Å²) in [6, 6.07) is 14.2. The van der Waals surface area contributed by atoms with Crippen molar-refractivity contribution in [3.8, 4) is 5.69 Å². The summed E-state index contributed by atoms with van der Waals surface area (Å²) in [7, 11) is 0. The van der Waals surface area contributed by atoms with Gasteiger partial charge in [0.1, 0.15) is 0 Å². The van der Waals surface area contributed by atoms with Gasteiger partial charge in [0.25, 0.3) is 11.8 Å². The van der Waals surface area contributed by atoms with Crippen LogP contribution >= 0.6 is 0 Å². The van der Waals surface area contributed by atoms with Gasteiger partial charge in [-0.1, -0.05) is 35.0 Å². The van der Waals surface area contributed by atoms with E-state index < -0.39 is 17.7 Å². The summed E-state index contributed by atoms with van der Waals surface area (Å²) in [5, 5.41) is 13.4. The molecule has 2 aromatic carbocycles. The number of nitrogens with zero attached hydrogens (tertiary/aromatic N) is 3. The van der Waals surface area contributed by atoms with Crippen LogP contribution in [0.15, 0.2) is 48.5 Å². The average molecular weight is 406 g/mol. The Kier molecular flexibility index (Phi) is 6.21. The van der Waals surface area contributed by atoms with E-state index in [-0.39, 0.29) is 24.2 Å². The van der Waals surface area contributed by atoms with Gasteiger partial charge >= 0.3 is 0 Å². The molecule has 9 nitrogen and oxygen atoms in total. The molecule has 0 atom stereocenters. The van der Waals surface area contributed by atoms with Gasteiger partial charge in [0.05, 0.1) is 22.6 Å². The molecule has 3 aromatic rings. The van der Waals surface area contributed by atoms with Crippen molar-refractivity contribution in [2.75, 3.05) is 11.9 Å². The minimum atomic E-state index is -0.510. The standard InChI is InChI=1S/C21H22N6O3/c1-13-7-9-15(10-8-13)27-14(2)19(25-26-27)21(30)24-17-6-4-3-5-16(17)20(29)23-12-11-18(22)28/h3-10H,11-12H2,1-2H3,(H2,22,28)(H,23,29)(H,24,30). The highest BCUT2D eigenvalue weighted by molar-refractivity contribution is 6.08. The van der Waals surface area contributed by atoms with Crippen molar-refractivity contribution in [3.63, 3.8) is 0 Å². The van der Waals surface area contributed by atoms with Gasteiger partial charge in [-0.2, -0.15) is 0 Å². The Labute approximate surface area is 173 Å². The second-order valence-electron chi connectivity index (χ2n) is 6.74. The van der Waals surface area contributed by atoms with Crippen molar-refractivity contribution >= 4 is 23.4 Å². The van der Waals surface area contributed by atoms with Crippen molar-refractivity contribution in [1.82, 2.24) is 20.3 Å². The number of carbonyl (C=O) groups is 3. The second kappa shape index (κ2) is 8.99. The zero-order valence-electron chi connectivity index (χ0n) is 16.7. The highest BCUT2D eigenvalue weighted by Gasteiger charge is 2.20. The summed E-state index contributed by atoms with van der Waals surface area (Å²) in [6.07, 6.45) is 0.0293. The fourth-order valence-corrected chi connectivity index (χ4v) is 2.84. The van der Waals surface area contributed by atoms with Gasteiger partial charge in [-0.05, 0) is 38.1 Å². The molecule has 1 aromatic heterocycles. The average Bonchev–Trinajstić information content (AvgIpc) is 3.10. The van der Waals surface area contributed by atoms with Crippen LogP contribution in [0.3, 0.4) is 0 Å². The molecule has 3 amide bonds. The third-order valence-corrected chi connectivity index (χ3v) is 4.47. The summed E-state index contributed by atoms with van der Waals surface area (Å²) in [5.41, 5.74) is 8.29. The van der Waals surface area contributed by atoms with E-state index in [4.69, 9.17) is 5.73 Å². The highest BCUT2D eigenvalue weighted by atomic mass is 16.2. The lowest BCUT2D eigenvalue weighted by Gasteiger charge is -2.11. The maximum absolute atomic E-state index is 12.8. The van der Waals surface area contributed by atoms with E-state index in [2.05, 4.69) is 20.9 Å². The molecule has 0 saturated carbocycles. The first-order chi connectivity index (χ1) is 14.4. The van der Waals surface area contributed by atoms with Crippen LogP contribution in [0, 0.1) is 13.8 Å². The molecule has 0 aliphatic rings. The van der Waals surface area contributed by atoms with E-state index in [9.17, 15) is 14.4 Å². The molecule has 3 rings (SSSR count). The Morgan fingerprint density at radius 1 is 1.00 bits per heavy atom. The first kappa shape index (κ1) is 20.7. The molecule has 0 fully saturated rings. The van der Waals surface area contributed by atoms with E-state index in [1.807, 2.05) is 31.2 Å². The molecule has 0 unspecified atom stereocenters. The summed E-state index contributed by atoms with van der Waals surface area (Å²) in [6.45, 7) is 3.84. The topological polar surface area (TPSA) is 132 Å². The number of para-hydroxylation sites is 1. The number of aryl methyl sites for hydroxylation is 1. The predicted molar refractivity (Wildman–Crippen MR) is 111 cm³/mol. The number of anilines is 1. The number of hydrogen-bond donors (Lipinski definition) is 3. The molecule has 0 radical (unpaired) electrons. The van der Waals surface area contributed by atoms with Crippen molar-refractivity contribution in [2.45, 2.75) is 20.3 Å². The Hall–Kier alpha value is -4.01. The lowest BCUT2D eigenvalue weighted by Crippen LogP contribution is -2.29. The van der Waals surface area contributed by atoms with Crippen molar-refractivity contribution in [2.24, 2.45) is 5.73 Å². The molecule has 0 aliphatic heterocycles. The molecular weight excluding hydrogens is 384 g/mol. The SMILES string of the molecule is Cc1ccc(-n2nnc(C(=O)Nc3ccccc3C(=O)NCCC(N)=O)c2C)cc1. The van der Waals surface area contributed by atoms with E-state index in [0.29, 0.717) is 11.4 Å². The first-order valence-electron chi connectivity index (χ1n) is 9.33. The highest BCUT2D eigenvalue weighted by Crippen LogP contribution is 2.18. The first-order valence-corrected chi connectivity index (χ1v) is 9.33. The van der Waals surface area contributed by atoms with Crippen LogP contribution in [0.25, 0.3) is 5.69 Å². The number of aromatic nitrogens is 3. The van der Waals surface area contributed by atoms with Crippen LogP contribution in [0.1, 0.15) is 38.5 Å². The van der Waals surface area contributed by atoms with E-state index in [1.54, 1.807) is 35.9 Å². The quantitative estimate of drug-likeness (QED) is 0.550. The van der Waals surface area contributed by atoms with E-state index >= 15 is 0 Å². The van der Waals surface area contributed by atoms with Crippen LogP contribution in [0.4, 0.5) is 5.69 Å². The maximum Gasteiger partial charge on any atom is 0.278 e. The molecule has 0 bridgehead atoms. The minimum Gasteiger partial charge on any atom is -0.370 e. The van der Waals surface area contributed by atoms with E-state index in [1.165, 1.54) is 0 Å². The van der Waals surface area contributed by atoms with Crippen molar-refractivity contribution in [3.05, 3.63) is 71.0 Å². The maximum atomic E-state index is 12.8. The molecule has 1 heterocycles. The van der Waals surface area contributed by atoms with Crippen LogP contribution in [0.2, 0.25) is 0 Å². The zero-order chi connectivity index (χ0) is 21.7. The van der Waals surface area contributed by atoms with Crippen molar-refractivity contribution in [1.29, 1.82) is 0 Å². The third-order valence-electron chi connectivity index (χ3n) is 4.47. The normalized spacial score (nSPS) is 10.5. The predicted octanol–water partition coefficient (Wildman–Crippen LogP) is 1.74. The summed E-state index contributed by atoms with van der Waals surface area (Å²) in [5.74, 6) is -1.42. The minimum absolute atomic E-state index is 0.0293. The Bertz CT molecular complexity index is 1090. The number of rotatable bonds is 7. The van der Waals surface area contributed by atoms with Gasteiger partial charge in [0.2, 0.25) is 5.91 Å². The fraction of sp³-hybridized carbons (Fsp3) is 0.190. The number of primary amides is 1. The number of amides is 3. The van der Waals surface area contributed by atoms with Crippen LogP contribution < -0.4 is 16.4 Å². The number of hydrogen-bond acceptors (Lipinski definition) is 5. The summed E-state index contributed by atoms with van der Waals surface area (Å²) in [4.78, 5) is 36.0. The molecule has 9 heteroatoms. The van der Waals surface area contributed by atoms with Gasteiger partial charge in [-0.15, -0.1) is 5.10 Å². The fourth-order valence-electron chi connectivity index (χ4n) is 2.84. The number of benzene rings is 2. The number of carbonyl (C=O) groups excluding carboxylic acids is 3. The van der Waals surface area contributed by atoms with Crippen LogP contribution in [-0.2, 0) is 4.79 Å².